The lowest BCUT2D eigenvalue weighted by Gasteiger charge is -2.07. The van der Waals surface area contributed by atoms with Gasteiger partial charge in [-0.3, -0.25) is 0 Å². The van der Waals surface area contributed by atoms with E-state index in [-0.39, 0.29) is 21.7 Å². The van der Waals surface area contributed by atoms with Crippen LogP contribution in [0.25, 0.3) is 11.5 Å². The summed E-state index contributed by atoms with van der Waals surface area (Å²) in [6.07, 6.45) is 6.12. The molecule has 2 aromatic heterocycles. The highest BCUT2D eigenvalue weighted by molar-refractivity contribution is 7.91. The van der Waals surface area contributed by atoms with Gasteiger partial charge in [0, 0.05) is 31.0 Å². The van der Waals surface area contributed by atoms with Crippen LogP contribution in [0.15, 0.2) is 87.7 Å². The number of sulfone groups is 1. The molecule has 7 nitrogen and oxygen atoms in total. The number of hydrogen-bond acceptors (Lipinski definition) is 6. The summed E-state index contributed by atoms with van der Waals surface area (Å²) in [5.41, 5.74) is 1.70. The van der Waals surface area contributed by atoms with Crippen LogP contribution in [0.4, 0.5) is 5.88 Å². The monoisotopic (exact) mass is 422 g/mol. The van der Waals surface area contributed by atoms with E-state index in [9.17, 15) is 8.42 Å². The highest BCUT2D eigenvalue weighted by Gasteiger charge is 2.28. The van der Waals surface area contributed by atoms with Crippen molar-refractivity contribution in [1.82, 2.24) is 14.5 Å². The van der Waals surface area contributed by atoms with Crippen molar-refractivity contribution in [3.05, 3.63) is 78.9 Å². The molecule has 0 saturated carbocycles. The molecule has 154 valence electrons. The third-order valence-electron chi connectivity index (χ3n) is 4.64. The van der Waals surface area contributed by atoms with Gasteiger partial charge in [0.2, 0.25) is 26.6 Å². The average Bonchev–Trinajstić information content (AvgIpc) is 3.42. The number of hydrogen-bond donors (Lipinski definition) is 1. The molecule has 2 heterocycles. The Morgan fingerprint density at radius 3 is 2.53 bits per heavy atom. The Morgan fingerprint density at radius 1 is 1.07 bits per heavy atom. The summed E-state index contributed by atoms with van der Waals surface area (Å²) in [4.78, 5) is 8.55. The lowest BCUT2D eigenvalue weighted by molar-refractivity contribution is 0.571. The Labute approximate surface area is 175 Å². The minimum absolute atomic E-state index is 0.104. The molecule has 0 aliphatic heterocycles. The van der Waals surface area contributed by atoms with Crippen LogP contribution in [0.1, 0.15) is 12.0 Å². The quantitative estimate of drug-likeness (QED) is 0.429. The number of oxazole rings is 1. The fourth-order valence-corrected chi connectivity index (χ4v) is 4.29. The number of nitrogens with one attached hydrogen (secondary N) is 1. The van der Waals surface area contributed by atoms with Crippen molar-refractivity contribution in [1.29, 1.82) is 0 Å². The van der Waals surface area contributed by atoms with E-state index in [1.54, 1.807) is 36.8 Å². The molecular weight excluding hydrogens is 400 g/mol. The van der Waals surface area contributed by atoms with Crippen LogP contribution in [0.3, 0.4) is 0 Å². The van der Waals surface area contributed by atoms with Crippen molar-refractivity contribution in [3.8, 4) is 11.5 Å². The second-order valence-corrected chi connectivity index (χ2v) is 8.78. The van der Waals surface area contributed by atoms with E-state index < -0.39 is 9.84 Å². The molecule has 1 N–H and O–H groups in total. The molecule has 0 aliphatic carbocycles. The molecule has 0 unspecified atom stereocenters. The Kier molecular flexibility index (Phi) is 5.67. The van der Waals surface area contributed by atoms with Gasteiger partial charge < -0.3 is 14.3 Å². The van der Waals surface area contributed by atoms with Crippen LogP contribution in [0.2, 0.25) is 0 Å². The lowest BCUT2D eigenvalue weighted by atomic mass is 10.2. The fourth-order valence-electron chi connectivity index (χ4n) is 3.02. The highest BCUT2D eigenvalue weighted by atomic mass is 32.2. The number of aryl methyl sites for hydroxylation is 2. The third kappa shape index (κ3) is 4.28. The Morgan fingerprint density at radius 2 is 1.83 bits per heavy atom. The molecule has 0 atom stereocenters. The normalized spacial score (nSPS) is 11.5. The van der Waals surface area contributed by atoms with Crippen molar-refractivity contribution < 1.29 is 12.8 Å². The molecule has 4 rings (SSSR count). The van der Waals surface area contributed by atoms with Gasteiger partial charge in [-0.1, -0.05) is 35.9 Å². The lowest BCUT2D eigenvalue weighted by Crippen LogP contribution is -2.10. The molecule has 0 aliphatic rings. The van der Waals surface area contributed by atoms with E-state index in [1.165, 1.54) is 0 Å². The zero-order valence-corrected chi connectivity index (χ0v) is 17.3. The second kappa shape index (κ2) is 8.54. The first-order chi connectivity index (χ1) is 14.5. The van der Waals surface area contributed by atoms with Crippen molar-refractivity contribution in [2.45, 2.75) is 29.8 Å². The van der Waals surface area contributed by atoms with Crippen molar-refractivity contribution in [2.75, 3.05) is 11.9 Å². The van der Waals surface area contributed by atoms with Crippen LogP contribution in [-0.2, 0) is 16.4 Å². The van der Waals surface area contributed by atoms with Crippen LogP contribution in [0, 0.1) is 6.92 Å². The SMILES string of the molecule is Cc1ccc(S(=O)(=O)c2nc(-c3ccccc3)oc2NCCCn2ccnc2)cc1. The summed E-state index contributed by atoms with van der Waals surface area (Å²) >= 11 is 0. The predicted octanol–water partition coefficient (Wildman–Crippen LogP) is 4.18. The van der Waals surface area contributed by atoms with Gasteiger partial charge in [0.05, 0.1) is 11.2 Å². The summed E-state index contributed by atoms with van der Waals surface area (Å²) < 4.78 is 34.3. The van der Waals surface area contributed by atoms with Gasteiger partial charge in [0.1, 0.15) is 0 Å². The topological polar surface area (TPSA) is 90.0 Å². The van der Waals surface area contributed by atoms with E-state index in [0.29, 0.717) is 12.1 Å². The zero-order valence-electron chi connectivity index (χ0n) is 16.5. The molecule has 0 amide bonds. The summed E-state index contributed by atoms with van der Waals surface area (Å²) in [6, 6.07) is 16.0. The van der Waals surface area contributed by atoms with Gasteiger partial charge >= 0.3 is 0 Å². The molecule has 0 saturated heterocycles. The largest absolute Gasteiger partial charge is 0.419 e. The number of benzene rings is 2. The summed E-state index contributed by atoms with van der Waals surface area (Å²) in [7, 11) is -3.84. The minimum atomic E-state index is -3.84. The number of aromatic nitrogens is 3. The first-order valence-electron chi connectivity index (χ1n) is 9.62. The van der Waals surface area contributed by atoms with Crippen LogP contribution in [0.5, 0.6) is 0 Å². The molecule has 8 heteroatoms. The molecule has 2 aromatic carbocycles. The standard InChI is InChI=1S/C22H22N4O3S/c1-17-8-10-19(11-9-17)30(27,28)22-21(24-12-5-14-26-15-13-23-16-26)29-20(25-22)18-6-3-2-4-7-18/h2-4,6-11,13,15-16,24H,5,12,14H2,1H3. The third-order valence-corrected chi connectivity index (χ3v) is 6.32. The molecule has 0 radical (unpaired) electrons. The predicted molar refractivity (Wildman–Crippen MR) is 114 cm³/mol. The van der Waals surface area contributed by atoms with E-state index in [0.717, 1.165) is 18.5 Å². The molecule has 4 aromatic rings. The van der Waals surface area contributed by atoms with E-state index >= 15 is 0 Å². The minimum Gasteiger partial charge on any atom is -0.419 e. The van der Waals surface area contributed by atoms with Gasteiger partial charge in [-0.25, -0.2) is 13.4 Å². The highest BCUT2D eigenvalue weighted by Crippen LogP contribution is 2.32. The molecule has 0 bridgehead atoms. The van der Waals surface area contributed by atoms with Crippen LogP contribution < -0.4 is 5.32 Å². The molecular formula is C22H22N4O3S. The summed E-state index contributed by atoms with van der Waals surface area (Å²) in [5, 5.41) is 3.01. The van der Waals surface area contributed by atoms with Crippen LogP contribution in [-0.4, -0.2) is 29.5 Å². The van der Waals surface area contributed by atoms with Crippen molar-refractivity contribution >= 4 is 15.7 Å². The Bertz CT molecular complexity index is 1200. The zero-order chi connectivity index (χ0) is 21.0. The van der Waals surface area contributed by atoms with E-state index in [4.69, 9.17) is 4.42 Å². The van der Waals surface area contributed by atoms with Crippen LogP contribution >= 0.6 is 0 Å². The first-order valence-corrected chi connectivity index (χ1v) is 11.1. The second-order valence-electron chi connectivity index (χ2n) is 6.92. The van der Waals surface area contributed by atoms with E-state index in [2.05, 4.69) is 15.3 Å². The smallest absolute Gasteiger partial charge is 0.233 e. The average molecular weight is 423 g/mol. The maximum atomic E-state index is 13.3. The van der Waals surface area contributed by atoms with Gasteiger partial charge in [-0.05, 0) is 37.6 Å². The van der Waals surface area contributed by atoms with Gasteiger partial charge in [0.25, 0.3) is 0 Å². The summed E-state index contributed by atoms with van der Waals surface area (Å²) in [5.74, 6) is 0.415. The number of anilines is 1. The fraction of sp³-hybridized carbons (Fsp3) is 0.182. The maximum absolute atomic E-state index is 13.3. The Hall–Kier alpha value is -3.39. The number of imidazole rings is 1. The first kappa shape index (κ1) is 19.9. The van der Waals surface area contributed by atoms with Gasteiger partial charge in [-0.2, -0.15) is 4.98 Å². The number of nitrogens with zero attached hydrogens (tertiary/aromatic N) is 3. The van der Waals surface area contributed by atoms with E-state index in [1.807, 2.05) is 48.0 Å². The van der Waals surface area contributed by atoms with Crippen molar-refractivity contribution in [2.24, 2.45) is 0 Å². The van der Waals surface area contributed by atoms with Gasteiger partial charge in [-0.15, -0.1) is 0 Å². The number of rotatable bonds is 8. The molecule has 0 spiro atoms. The summed E-state index contributed by atoms with van der Waals surface area (Å²) in [6.45, 7) is 3.19. The molecule has 0 fully saturated rings. The van der Waals surface area contributed by atoms with Gasteiger partial charge in [0.15, 0.2) is 0 Å². The Balaban J connectivity index is 1.63. The molecule has 30 heavy (non-hydrogen) atoms. The maximum Gasteiger partial charge on any atom is 0.233 e. The van der Waals surface area contributed by atoms with Crippen molar-refractivity contribution in [3.63, 3.8) is 0 Å².